The van der Waals surface area contributed by atoms with Crippen LogP contribution in [0.15, 0.2) is 60.0 Å². The van der Waals surface area contributed by atoms with Crippen LogP contribution in [0.4, 0.5) is 0 Å². The maximum Gasteiger partial charge on any atom is 0.124 e. The van der Waals surface area contributed by atoms with E-state index in [0.29, 0.717) is 0 Å². The molecule has 4 aromatic rings. The van der Waals surface area contributed by atoms with Crippen molar-refractivity contribution in [1.82, 2.24) is 9.97 Å². The first kappa shape index (κ1) is 12.4. The van der Waals surface area contributed by atoms with Crippen LogP contribution in [0.25, 0.3) is 32.7 Å². The lowest BCUT2D eigenvalue weighted by atomic mass is 10.1. The fourth-order valence-corrected chi connectivity index (χ4v) is 3.53. The lowest BCUT2D eigenvalue weighted by Crippen LogP contribution is -1.81. The Bertz CT molecular complexity index is 903. The molecule has 21 heavy (non-hydrogen) atoms. The molecule has 0 aliphatic heterocycles. The van der Waals surface area contributed by atoms with Crippen LogP contribution in [0.3, 0.4) is 0 Å². The lowest BCUT2D eigenvalue weighted by molar-refractivity contribution is 1.29. The van der Waals surface area contributed by atoms with Gasteiger partial charge in [-0.3, -0.25) is 0 Å². The molecule has 4 rings (SSSR count). The van der Waals surface area contributed by atoms with Crippen LogP contribution in [-0.4, -0.2) is 9.97 Å². The van der Waals surface area contributed by atoms with Crippen molar-refractivity contribution in [3.8, 4) is 21.8 Å². The smallest absolute Gasteiger partial charge is 0.124 e. The zero-order chi connectivity index (χ0) is 14.2. The number of nitrogens with zero attached hydrogens (tertiary/aromatic N) is 1. The maximum absolute atomic E-state index is 4.83. The van der Waals surface area contributed by atoms with E-state index in [1.165, 1.54) is 27.7 Å². The molecule has 1 N–H and O–H groups in total. The molecule has 0 aliphatic carbocycles. The molecule has 3 heteroatoms. The molecule has 2 aromatic carbocycles. The van der Waals surface area contributed by atoms with Crippen molar-refractivity contribution < 1.29 is 0 Å². The highest BCUT2D eigenvalue weighted by atomic mass is 32.1. The molecule has 0 fully saturated rings. The molecule has 0 saturated carbocycles. The van der Waals surface area contributed by atoms with Crippen molar-refractivity contribution in [3.05, 3.63) is 65.7 Å². The second-order valence-corrected chi connectivity index (χ2v) is 5.93. The number of hydrogen-bond donors (Lipinski definition) is 1. The molecule has 2 aromatic heterocycles. The second kappa shape index (κ2) is 4.86. The molecule has 0 atom stereocenters. The number of rotatable bonds is 2. The third kappa shape index (κ3) is 2.06. The highest BCUT2D eigenvalue weighted by Gasteiger charge is 2.13. The average Bonchev–Trinajstić information content (AvgIpc) is 3.11. The average molecular weight is 290 g/mol. The fraction of sp³-hybridized carbons (Fsp3) is 0.0556. The summed E-state index contributed by atoms with van der Waals surface area (Å²) >= 11 is 1.69. The zero-order valence-corrected chi connectivity index (χ0v) is 12.4. The molecule has 0 spiro atoms. The zero-order valence-electron chi connectivity index (χ0n) is 11.6. The minimum atomic E-state index is 1.05. The van der Waals surface area contributed by atoms with Gasteiger partial charge in [-0.25, -0.2) is 4.98 Å². The van der Waals surface area contributed by atoms with E-state index in [1.807, 2.05) is 18.2 Å². The van der Waals surface area contributed by atoms with Gasteiger partial charge in [-0.15, -0.1) is 11.3 Å². The van der Waals surface area contributed by atoms with Gasteiger partial charge in [0.05, 0.1) is 5.69 Å². The number of thiazole rings is 1. The van der Waals surface area contributed by atoms with E-state index in [-0.39, 0.29) is 0 Å². The first-order valence-electron chi connectivity index (χ1n) is 6.91. The predicted molar refractivity (Wildman–Crippen MR) is 89.6 cm³/mol. The van der Waals surface area contributed by atoms with Crippen LogP contribution in [0.2, 0.25) is 0 Å². The van der Waals surface area contributed by atoms with E-state index in [9.17, 15) is 0 Å². The monoisotopic (exact) mass is 290 g/mol. The molecule has 102 valence electrons. The van der Waals surface area contributed by atoms with Crippen molar-refractivity contribution in [2.75, 3.05) is 0 Å². The summed E-state index contributed by atoms with van der Waals surface area (Å²) in [5.41, 5.74) is 5.77. The van der Waals surface area contributed by atoms with Gasteiger partial charge in [0, 0.05) is 33.1 Å². The van der Waals surface area contributed by atoms with Crippen molar-refractivity contribution in [2.45, 2.75) is 6.92 Å². The number of aromatic nitrogens is 2. The third-order valence-electron chi connectivity index (χ3n) is 3.67. The topological polar surface area (TPSA) is 28.7 Å². The Morgan fingerprint density at radius 3 is 2.57 bits per heavy atom. The Labute approximate surface area is 127 Å². The Hall–Kier alpha value is -2.39. The minimum absolute atomic E-state index is 1.05. The second-order valence-electron chi connectivity index (χ2n) is 5.07. The summed E-state index contributed by atoms with van der Waals surface area (Å²) in [4.78, 5) is 8.27. The molecule has 0 bridgehead atoms. The summed E-state index contributed by atoms with van der Waals surface area (Å²) in [5, 5.41) is 4.44. The largest absolute Gasteiger partial charge is 0.358 e. The summed E-state index contributed by atoms with van der Waals surface area (Å²) in [5.74, 6) is 0. The van der Waals surface area contributed by atoms with Gasteiger partial charge in [0.1, 0.15) is 5.01 Å². The van der Waals surface area contributed by atoms with Gasteiger partial charge in [-0.1, -0.05) is 48.5 Å². The molecule has 0 saturated heterocycles. The lowest BCUT2D eigenvalue weighted by Gasteiger charge is -1.97. The standard InChI is InChI=1S/C18H14N2S/c1-12-17(14-9-5-6-10-15(14)19-12)16-11-21-18(20-16)13-7-3-2-4-8-13/h2-11,19H,1H3. The number of aromatic amines is 1. The first-order chi connectivity index (χ1) is 10.3. The van der Waals surface area contributed by atoms with Crippen LogP contribution in [0, 0.1) is 6.92 Å². The Morgan fingerprint density at radius 1 is 0.952 bits per heavy atom. The SMILES string of the molecule is Cc1[nH]c2ccccc2c1-c1csc(-c2ccccc2)n1. The molecule has 0 aliphatic rings. The number of benzene rings is 2. The van der Waals surface area contributed by atoms with E-state index < -0.39 is 0 Å². The normalized spacial score (nSPS) is 11.1. The quantitative estimate of drug-likeness (QED) is 0.535. The van der Waals surface area contributed by atoms with E-state index in [1.54, 1.807) is 11.3 Å². The molecule has 0 amide bonds. The van der Waals surface area contributed by atoms with Gasteiger partial charge in [0.15, 0.2) is 0 Å². The minimum Gasteiger partial charge on any atom is -0.358 e. The first-order valence-corrected chi connectivity index (χ1v) is 7.79. The number of fused-ring (bicyclic) bond motifs is 1. The number of nitrogens with one attached hydrogen (secondary N) is 1. The van der Waals surface area contributed by atoms with Gasteiger partial charge in [-0.2, -0.15) is 0 Å². The Balaban J connectivity index is 1.87. The summed E-state index contributed by atoms with van der Waals surface area (Å²) in [6, 6.07) is 18.7. The summed E-state index contributed by atoms with van der Waals surface area (Å²) in [6.45, 7) is 2.11. The third-order valence-corrected chi connectivity index (χ3v) is 4.57. The van der Waals surface area contributed by atoms with Crippen molar-refractivity contribution in [1.29, 1.82) is 0 Å². The van der Waals surface area contributed by atoms with E-state index >= 15 is 0 Å². The fourth-order valence-electron chi connectivity index (χ4n) is 2.71. The molecular formula is C18H14N2S. The summed E-state index contributed by atoms with van der Waals surface area (Å²) in [7, 11) is 0. The van der Waals surface area contributed by atoms with Crippen LogP contribution in [-0.2, 0) is 0 Å². The van der Waals surface area contributed by atoms with Crippen LogP contribution in [0.1, 0.15) is 5.69 Å². The Kier molecular flexibility index (Phi) is 2.86. The number of para-hydroxylation sites is 1. The molecular weight excluding hydrogens is 276 g/mol. The van der Waals surface area contributed by atoms with Crippen LogP contribution < -0.4 is 0 Å². The van der Waals surface area contributed by atoms with Crippen molar-refractivity contribution >= 4 is 22.2 Å². The van der Waals surface area contributed by atoms with Gasteiger partial charge in [0.2, 0.25) is 0 Å². The van der Waals surface area contributed by atoms with Crippen molar-refractivity contribution in [2.24, 2.45) is 0 Å². The highest BCUT2D eigenvalue weighted by Crippen LogP contribution is 2.35. The van der Waals surface area contributed by atoms with Gasteiger partial charge < -0.3 is 4.98 Å². The number of aryl methyl sites for hydroxylation is 1. The molecule has 2 heterocycles. The molecule has 2 nitrogen and oxygen atoms in total. The highest BCUT2D eigenvalue weighted by molar-refractivity contribution is 7.13. The van der Waals surface area contributed by atoms with Gasteiger partial charge >= 0.3 is 0 Å². The molecule has 0 unspecified atom stereocenters. The molecule has 0 radical (unpaired) electrons. The number of H-pyrrole nitrogens is 1. The van der Waals surface area contributed by atoms with Gasteiger partial charge in [-0.05, 0) is 13.0 Å². The summed E-state index contributed by atoms with van der Waals surface area (Å²) in [6.07, 6.45) is 0. The van der Waals surface area contributed by atoms with Crippen LogP contribution in [0.5, 0.6) is 0 Å². The van der Waals surface area contributed by atoms with E-state index in [2.05, 4.69) is 53.7 Å². The predicted octanol–water partition coefficient (Wildman–Crippen LogP) is 5.27. The van der Waals surface area contributed by atoms with Crippen LogP contribution >= 0.6 is 11.3 Å². The Morgan fingerprint density at radius 2 is 1.71 bits per heavy atom. The van der Waals surface area contributed by atoms with E-state index in [4.69, 9.17) is 4.98 Å². The summed E-state index contributed by atoms with van der Waals surface area (Å²) < 4.78 is 0. The maximum atomic E-state index is 4.83. The van der Waals surface area contributed by atoms with E-state index in [0.717, 1.165) is 10.7 Å². The number of hydrogen-bond acceptors (Lipinski definition) is 2. The van der Waals surface area contributed by atoms with Gasteiger partial charge in [0.25, 0.3) is 0 Å². The van der Waals surface area contributed by atoms with Crippen molar-refractivity contribution in [3.63, 3.8) is 0 Å².